The molecule has 21 heavy (non-hydrogen) atoms. The van der Waals surface area contributed by atoms with Gasteiger partial charge in [-0.15, -0.1) is 0 Å². The molecule has 0 bridgehead atoms. The number of hydrogen-bond donors (Lipinski definition) is 3. The first kappa shape index (κ1) is 13.1. The fraction of sp³-hybridized carbons (Fsp3) is 0.0667. The van der Waals surface area contributed by atoms with E-state index in [1.165, 1.54) is 12.1 Å². The Morgan fingerprint density at radius 2 is 2.00 bits per heavy atom. The fourth-order valence-corrected chi connectivity index (χ4v) is 2.19. The van der Waals surface area contributed by atoms with Gasteiger partial charge in [-0.05, 0) is 17.5 Å². The summed E-state index contributed by atoms with van der Waals surface area (Å²) < 4.78 is 13.7. The van der Waals surface area contributed by atoms with Crippen LogP contribution in [0.4, 0.5) is 10.2 Å². The van der Waals surface area contributed by atoms with Crippen LogP contribution in [0.1, 0.15) is 15.9 Å². The number of aromatic amines is 1. The van der Waals surface area contributed by atoms with E-state index in [-0.39, 0.29) is 18.3 Å². The van der Waals surface area contributed by atoms with Crippen molar-refractivity contribution in [3.8, 4) is 0 Å². The molecule has 0 atom stereocenters. The Hall–Kier alpha value is -2.89. The minimum absolute atomic E-state index is 0.257. The lowest BCUT2D eigenvalue weighted by Gasteiger charge is -2.08. The van der Waals surface area contributed by atoms with E-state index in [2.05, 4.69) is 15.5 Å². The van der Waals surface area contributed by atoms with Crippen LogP contribution in [0, 0.1) is 5.82 Å². The normalized spacial score (nSPS) is 10.7. The molecular formula is C15H13FN4O. The van der Waals surface area contributed by atoms with Gasteiger partial charge in [-0.3, -0.25) is 9.89 Å². The van der Waals surface area contributed by atoms with Crippen molar-refractivity contribution in [3.05, 3.63) is 59.5 Å². The van der Waals surface area contributed by atoms with Crippen LogP contribution in [0.25, 0.3) is 10.8 Å². The number of nitrogens with two attached hydrogens (primary N) is 1. The number of anilines is 1. The van der Waals surface area contributed by atoms with Crippen molar-refractivity contribution in [2.75, 3.05) is 5.73 Å². The lowest BCUT2D eigenvalue weighted by Crippen LogP contribution is -2.23. The highest BCUT2D eigenvalue weighted by Crippen LogP contribution is 2.21. The third kappa shape index (κ3) is 2.43. The van der Waals surface area contributed by atoms with Gasteiger partial charge in [0.05, 0.1) is 6.20 Å². The molecule has 0 fully saturated rings. The number of H-pyrrole nitrogens is 1. The fourth-order valence-electron chi connectivity index (χ4n) is 2.19. The summed E-state index contributed by atoms with van der Waals surface area (Å²) in [5.74, 6) is -0.215. The second-order valence-electron chi connectivity index (χ2n) is 4.63. The summed E-state index contributed by atoms with van der Waals surface area (Å²) in [6, 6.07) is 9.65. The maximum atomic E-state index is 13.7. The number of rotatable bonds is 3. The zero-order valence-corrected chi connectivity index (χ0v) is 11.1. The molecule has 0 aliphatic carbocycles. The third-order valence-electron chi connectivity index (χ3n) is 3.31. The van der Waals surface area contributed by atoms with Crippen LogP contribution in [-0.2, 0) is 6.54 Å². The van der Waals surface area contributed by atoms with E-state index in [0.717, 1.165) is 0 Å². The molecule has 3 rings (SSSR count). The minimum atomic E-state index is -0.346. The molecule has 106 valence electrons. The number of aromatic nitrogens is 2. The van der Waals surface area contributed by atoms with Crippen LogP contribution in [0.2, 0.25) is 0 Å². The van der Waals surface area contributed by atoms with Gasteiger partial charge in [0, 0.05) is 23.1 Å². The lowest BCUT2D eigenvalue weighted by atomic mass is 10.0. The SMILES string of the molecule is Nc1[nH]ncc1CNC(=O)c1ccc(F)c2ccccc12. The van der Waals surface area contributed by atoms with E-state index in [9.17, 15) is 9.18 Å². The number of benzene rings is 2. The number of halogens is 1. The summed E-state index contributed by atoms with van der Waals surface area (Å²) in [7, 11) is 0. The maximum absolute atomic E-state index is 13.7. The Morgan fingerprint density at radius 3 is 2.71 bits per heavy atom. The summed E-state index contributed by atoms with van der Waals surface area (Å²) in [5, 5.41) is 10.1. The molecule has 0 aliphatic heterocycles. The molecule has 4 N–H and O–H groups in total. The molecule has 0 aliphatic rings. The molecule has 2 aromatic carbocycles. The number of nitrogens with zero attached hydrogens (tertiary/aromatic N) is 1. The predicted molar refractivity (Wildman–Crippen MR) is 78.1 cm³/mol. The van der Waals surface area contributed by atoms with E-state index in [0.29, 0.717) is 27.7 Å². The zero-order chi connectivity index (χ0) is 14.8. The Labute approximate surface area is 120 Å². The molecule has 0 saturated heterocycles. The second kappa shape index (κ2) is 5.24. The van der Waals surface area contributed by atoms with E-state index in [1.807, 2.05) is 0 Å². The van der Waals surface area contributed by atoms with Crippen LogP contribution in [0.3, 0.4) is 0 Å². The molecule has 3 aromatic rings. The number of carbonyl (C=O) groups is 1. The van der Waals surface area contributed by atoms with Crippen molar-refractivity contribution in [2.45, 2.75) is 6.54 Å². The molecule has 5 nitrogen and oxygen atoms in total. The Kier molecular flexibility index (Phi) is 3.27. The minimum Gasteiger partial charge on any atom is -0.384 e. The van der Waals surface area contributed by atoms with Crippen molar-refractivity contribution in [1.29, 1.82) is 0 Å². The average Bonchev–Trinajstić information content (AvgIpc) is 2.91. The summed E-state index contributed by atoms with van der Waals surface area (Å²) in [4.78, 5) is 12.3. The first-order chi connectivity index (χ1) is 10.2. The highest BCUT2D eigenvalue weighted by atomic mass is 19.1. The lowest BCUT2D eigenvalue weighted by molar-refractivity contribution is 0.0952. The van der Waals surface area contributed by atoms with Crippen LogP contribution >= 0.6 is 0 Å². The van der Waals surface area contributed by atoms with E-state index >= 15 is 0 Å². The summed E-state index contributed by atoms with van der Waals surface area (Å²) in [5.41, 5.74) is 6.79. The molecule has 0 saturated carbocycles. The highest BCUT2D eigenvalue weighted by molar-refractivity contribution is 6.07. The van der Waals surface area contributed by atoms with Gasteiger partial charge in [-0.25, -0.2) is 4.39 Å². The first-order valence-electron chi connectivity index (χ1n) is 6.40. The van der Waals surface area contributed by atoms with Crippen molar-refractivity contribution in [2.24, 2.45) is 0 Å². The van der Waals surface area contributed by atoms with E-state index in [1.54, 1.807) is 30.5 Å². The molecular weight excluding hydrogens is 271 g/mol. The Morgan fingerprint density at radius 1 is 1.24 bits per heavy atom. The van der Waals surface area contributed by atoms with Gasteiger partial charge in [0.25, 0.3) is 5.91 Å². The zero-order valence-electron chi connectivity index (χ0n) is 11.1. The van der Waals surface area contributed by atoms with Crippen molar-refractivity contribution in [3.63, 3.8) is 0 Å². The smallest absolute Gasteiger partial charge is 0.252 e. The Bertz CT molecular complexity index is 812. The van der Waals surface area contributed by atoms with Gasteiger partial charge in [0.2, 0.25) is 0 Å². The van der Waals surface area contributed by atoms with Gasteiger partial charge >= 0.3 is 0 Å². The molecule has 6 heteroatoms. The molecule has 0 radical (unpaired) electrons. The average molecular weight is 284 g/mol. The number of amides is 1. The van der Waals surface area contributed by atoms with Gasteiger partial charge in [0.1, 0.15) is 11.6 Å². The number of fused-ring (bicyclic) bond motifs is 1. The van der Waals surface area contributed by atoms with E-state index < -0.39 is 0 Å². The number of nitrogens with one attached hydrogen (secondary N) is 2. The molecule has 0 spiro atoms. The molecule has 1 aromatic heterocycles. The quantitative estimate of drug-likeness (QED) is 0.689. The number of nitrogen functional groups attached to an aromatic ring is 1. The molecule has 1 amide bonds. The van der Waals surface area contributed by atoms with Gasteiger partial charge in [-0.1, -0.05) is 24.3 Å². The summed E-state index contributed by atoms with van der Waals surface area (Å²) in [6.45, 7) is 0.257. The summed E-state index contributed by atoms with van der Waals surface area (Å²) in [6.07, 6.45) is 1.55. The summed E-state index contributed by atoms with van der Waals surface area (Å²) >= 11 is 0. The van der Waals surface area contributed by atoms with Gasteiger partial charge in [0.15, 0.2) is 0 Å². The highest BCUT2D eigenvalue weighted by Gasteiger charge is 2.12. The van der Waals surface area contributed by atoms with Crippen molar-refractivity contribution >= 4 is 22.5 Å². The maximum Gasteiger partial charge on any atom is 0.252 e. The van der Waals surface area contributed by atoms with Crippen molar-refractivity contribution in [1.82, 2.24) is 15.5 Å². The predicted octanol–water partition coefficient (Wildman–Crippen LogP) is 2.21. The van der Waals surface area contributed by atoms with Crippen LogP contribution in [0.5, 0.6) is 0 Å². The van der Waals surface area contributed by atoms with Crippen LogP contribution < -0.4 is 11.1 Å². The van der Waals surface area contributed by atoms with Crippen LogP contribution in [0.15, 0.2) is 42.6 Å². The van der Waals surface area contributed by atoms with Gasteiger partial charge < -0.3 is 11.1 Å². The largest absolute Gasteiger partial charge is 0.384 e. The number of carbonyl (C=O) groups excluding carboxylic acids is 1. The first-order valence-corrected chi connectivity index (χ1v) is 6.40. The second-order valence-corrected chi connectivity index (χ2v) is 4.63. The molecule has 1 heterocycles. The topological polar surface area (TPSA) is 83.8 Å². The monoisotopic (exact) mass is 284 g/mol. The van der Waals surface area contributed by atoms with E-state index in [4.69, 9.17) is 5.73 Å². The Balaban J connectivity index is 1.88. The van der Waals surface area contributed by atoms with Crippen LogP contribution in [-0.4, -0.2) is 16.1 Å². The standard InChI is InChI=1S/C15H13FN4O/c16-13-6-5-12(10-3-1-2-4-11(10)13)15(21)18-7-9-8-19-20-14(9)17/h1-6,8H,7H2,(H,18,21)(H3,17,19,20). The third-order valence-corrected chi connectivity index (χ3v) is 3.31. The van der Waals surface area contributed by atoms with Gasteiger partial charge in [-0.2, -0.15) is 5.10 Å². The van der Waals surface area contributed by atoms with Crippen molar-refractivity contribution < 1.29 is 9.18 Å². The molecule has 0 unspecified atom stereocenters. The number of hydrogen-bond acceptors (Lipinski definition) is 3.